The molecule has 28 heavy (non-hydrogen) atoms. The Morgan fingerprint density at radius 3 is 2.50 bits per heavy atom. The van der Waals surface area contributed by atoms with E-state index in [1.165, 1.54) is 16.2 Å². The summed E-state index contributed by atoms with van der Waals surface area (Å²) in [6.45, 7) is 6.02. The molecule has 0 radical (unpaired) electrons. The maximum absolute atomic E-state index is 12.8. The zero-order valence-corrected chi connectivity index (χ0v) is 17.5. The van der Waals surface area contributed by atoms with Crippen LogP contribution in [0.15, 0.2) is 24.3 Å². The molecule has 0 fully saturated rings. The average molecular weight is 402 g/mol. The van der Waals surface area contributed by atoms with Crippen LogP contribution in [0.25, 0.3) is 0 Å². The van der Waals surface area contributed by atoms with Crippen LogP contribution in [0, 0.1) is 0 Å². The Kier molecular flexibility index (Phi) is 6.73. The van der Waals surface area contributed by atoms with Gasteiger partial charge in [-0.15, -0.1) is 11.3 Å². The maximum atomic E-state index is 12.8. The molecule has 1 N–H and O–H groups in total. The van der Waals surface area contributed by atoms with E-state index in [1.807, 2.05) is 13.8 Å². The monoisotopic (exact) mass is 401 g/mol. The number of nitrogens with one attached hydrogen (secondary N) is 1. The van der Waals surface area contributed by atoms with E-state index in [1.54, 1.807) is 31.2 Å². The molecule has 0 bridgehead atoms. The maximum Gasteiger partial charge on any atom is 0.341 e. The first kappa shape index (κ1) is 20.4. The van der Waals surface area contributed by atoms with E-state index in [9.17, 15) is 9.59 Å². The van der Waals surface area contributed by atoms with Gasteiger partial charge in [-0.05, 0) is 76.3 Å². The minimum atomic E-state index is -0.349. The molecular formula is C22H27NO4S. The van der Waals surface area contributed by atoms with E-state index in [0.29, 0.717) is 22.7 Å². The average Bonchev–Trinajstić information content (AvgIpc) is 2.82. The number of fused-ring (bicyclic) bond motifs is 1. The molecular weight excluding hydrogens is 374 g/mol. The van der Waals surface area contributed by atoms with Gasteiger partial charge in [-0.1, -0.05) is 6.42 Å². The number of anilines is 1. The molecule has 5 nitrogen and oxygen atoms in total. The van der Waals surface area contributed by atoms with Crippen LogP contribution in [0.3, 0.4) is 0 Å². The third-order valence-electron chi connectivity index (χ3n) is 4.62. The number of esters is 1. The van der Waals surface area contributed by atoms with E-state index in [2.05, 4.69) is 5.32 Å². The Morgan fingerprint density at radius 1 is 1.11 bits per heavy atom. The molecule has 0 saturated carbocycles. The molecule has 6 heteroatoms. The molecule has 0 spiro atoms. The van der Waals surface area contributed by atoms with Gasteiger partial charge < -0.3 is 14.8 Å². The van der Waals surface area contributed by atoms with Crippen molar-refractivity contribution in [2.24, 2.45) is 0 Å². The molecule has 0 atom stereocenters. The fraction of sp³-hybridized carbons (Fsp3) is 0.455. The summed E-state index contributed by atoms with van der Waals surface area (Å²) >= 11 is 1.51. The second kappa shape index (κ2) is 9.24. The highest BCUT2D eigenvalue weighted by Crippen LogP contribution is 2.38. The Labute approximate surface area is 170 Å². The summed E-state index contributed by atoms with van der Waals surface area (Å²) in [6.07, 6.45) is 5.21. The van der Waals surface area contributed by atoms with Gasteiger partial charge in [-0.3, -0.25) is 4.79 Å². The predicted molar refractivity (Wildman–Crippen MR) is 112 cm³/mol. The predicted octanol–water partition coefficient (Wildman–Crippen LogP) is 5.23. The highest BCUT2D eigenvalue weighted by atomic mass is 32.1. The number of thiophene rings is 1. The van der Waals surface area contributed by atoms with Gasteiger partial charge >= 0.3 is 5.97 Å². The third-order valence-corrected chi connectivity index (χ3v) is 5.82. The summed E-state index contributed by atoms with van der Waals surface area (Å²) in [7, 11) is 0. The van der Waals surface area contributed by atoms with Gasteiger partial charge in [0.2, 0.25) is 0 Å². The van der Waals surface area contributed by atoms with Crippen molar-refractivity contribution >= 4 is 28.2 Å². The number of rotatable bonds is 6. The van der Waals surface area contributed by atoms with Crippen molar-refractivity contribution in [3.05, 3.63) is 45.8 Å². The van der Waals surface area contributed by atoms with E-state index in [4.69, 9.17) is 9.47 Å². The molecule has 0 aliphatic heterocycles. The van der Waals surface area contributed by atoms with Crippen LogP contribution in [0.2, 0.25) is 0 Å². The van der Waals surface area contributed by atoms with E-state index in [-0.39, 0.29) is 18.0 Å². The van der Waals surface area contributed by atoms with Crippen molar-refractivity contribution in [3.8, 4) is 5.75 Å². The van der Waals surface area contributed by atoms with Gasteiger partial charge in [0.25, 0.3) is 5.91 Å². The molecule has 3 rings (SSSR count). The molecule has 0 unspecified atom stereocenters. The molecule has 1 aromatic carbocycles. The van der Waals surface area contributed by atoms with Crippen LogP contribution in [0.1, 0.15) is 71.2 Å². The second-order valence-electron chi connectivity index (χ2n) is 7.13. The highest BCUT2D eigenvalue weighted by molar-refractivity contribution is 7.17. The quantitative estimate of drug-likeness (QED) is 0.531. The van der Waals surface area contributed by atoms with Crippen molar-refractivity contribution in [2.45, 2.75) is 59.0 Å². The summed E-state index contributed by atoms with van der Waals surface area (Å²) in [5.74, 6) is 0.137. The van der Waals surface area contributed by atoms with Crippen molar-refractivity contribution in [1.29, 1.82) is 0 Å². The Morgan fingerprint density at radius 2 is 1.82 bits per heavy atom. The molecule has 1 heterocycles. The molecule has 2 aromatic rings. The first-order valence-electron chi connectivity index (χ1n) is 9.89. The zero-order chi connectivity index (χ0) is 20.1. The summed E-state index contributed by atoms with van der Waals surface area (Å²) in [5, 5.41) is 3.54. The van der Waals surface area contributed by atoms with Gasteiger partial charge in [-0.2, -0.15) is 0 Å². The van der Waals surface area contributed by atoms with Crippen LogP contribution in [0.5, 0.6) is 5.75 Å². The van der Waals surface area contributed by atoms with Crippen LogP contribution < -0.4 is 10.1 Å². The van der Waals surface area contributed by atoms with Gasteiger partial charge in [0.05, 0.1) is 18.3 Å². The molecule has 1 aromatic heterocycles. The van der Waals surface area contributed by atoms with Crippen molar-refractivity contribution in [1.82, 2.24) is 0 Å². The lowest BCUT2D eigenvalue weighted by molar-refractivity contribution is 0.0527. The van der Waals surface area contributed by atoms with Crippen LogP contribution >= 0.6 is 11.3 Å². The van der Waals surface area contributed by atoms with Crippen LogP contribution in [0.4, 0.5) is 5.00 Å². The zero-order valence-electron chi connectivity index (χ0n) is 16.7. The minimum absolute atomic E-state index is 0.0772. The first-order chi connectivity index (χ1) is 13.5. The van der Waals surface area contributed by atoms with Gasteiger partial charge in [0, 0.05) is 10.4 Å². The van der Waals surface area contributed by atoms with Crippen molar-refractivity contribution in [3.63, 3.8) is 0 Å². The van der Waals surface area contributed by atoms with E-state index >= 15 is 0 Å². The molecule has 1 amide bonds. The Balaban J connectivity index is 1.84. The smallest absolute Gasteiger partial charge is 0.341 e. The number of carbonyl (C=O) groups excluding carboxylic acids is 2. The number of hydrogen-bond acceptors (Lipinski definition) is 5. The summed E-state index contributed by atoms with van der Waals surface area (Å²) in [6, 6.07) is 7.03. The molecule has 1 aliphatic rings. The van der Waals surface area contributed by atoms with Gasteiger partial charge in [0.15, 0.2) is 0 Å². The fourth-order valence-corrected chi connectivity index (χ4v) is 4.65. The molecule has 150 valence electrons. The Bertz CT molecular complexity index is 839. The second-order valence-corrected chi connectivity index (χ2v) is 8.24. The molecule has 0 saturated heterocycles. The van der Waals surface area contributed by atoms with Crippen LogP contribution in [-0.2, 0) is 17.6 Å². The van der Waals surface area contributed by atoms with Crippen molar-refractivity contribution < 1.29 is 19.1 Å². The van der Waals surface area contributed by atoms with E-state index in [0.717, 1.165) is 43.4 Å². The number of ether oxygens (including phenoxy) is 2. The Hall–Kier alpha value is -2.34. The SMILES string of the molecule is CCOC(=O)c1c(NC(=O)c2ccc(OC(C)C)cc2)sc2c1CCCCC2. The lowest BCUT2D eigenvalue weighted by Crippen LogP contribution is -2.15. The van der Waals surface area contributed by atoms with Gasteiger partial charge in [-0.25, -0.2) is 4.79 Å². The summed E-state index contributed by atoms with van der Waals surface area (Å²) in [4.78, 5) is 26.5. The lowest BCUT2D eigenvalue weighted by Gasteiger charge is -2.11. The number of benzene rings is 1. The van der Waals surface area contributed by atoms with E-state index < -0.39 is 0 Å². The third kappa shape index (κ3) is 4.73. The first-order valence-corrected chi connectivity index (χ1v) is 10.7. The summed E-state index contributed by atoms with van der Waals surface area (Å²) < 4.78 is 10.9. The standard InChI is InChI=1S/C22H27NO4S/c1-4-26-22(25)19-17-8-6-5-7-9-18(17)28-21(19)23-20(24)15-10-12-16(13-11-15)27-14(2)3/h10-14H,4-9H2,1-3H3,(H,23,24). The highest BCUT2D eigenvalue weighted by Gasteiger charge is 2.26. The van der Waals surface area contributed by atoms with Crippen molar-refractivity contribution in [2.75, 3.05) is 11.9 Å². The summed E-state index contributed by atoms with van der Waals surface area (Å²) in [5.41, 5.74) is 2.11. The number of amides is 1. The fourth-order valence-electron chi connectivity index (χ4n) is 3.38. The lowest BCUT2D eigenvalue weighted by atomic mass is 10.1. The molecule has 1 aliphatic carbocycles. The number of carbonyl (C=O) groups is 2. The number of hydrogen-bond donors (Lipinski definition) is 1. The van der Waals surface area contributed by atoms with Gasteiger partial charge in [0.1, 0.15) is 10.8 Å². The largest absolute Gasteiger partial charge is 0.491 e. The topological polar surface area (TPSA) is 64.6 Å². The normalized spacial score (nSPS) is 13.6. The number of aryl methyl sites for hydroxylation is 1. The minimum Gasteiger partial charge on any atom is -0.491 e. The van der Waals surface area contributed by atoms with Crippen LogP contribution in [-0.4, -0.2) is 24.6 Å².